The zero-order chi connectivity index (χ0) is 9.14. The third-order valence-corrected chi connectivity index (χ3v) is 2.28. The molecule has 1 fully saturated rings. The maximum atomic E-state index is 10.3. The van der Waals surface area contributed by atoms with Crippen LogP contribution in [0.2, 0.25) is 0 Å². The van der Waals surface area contributed by atoms with Crippen molar-refractivity contribution in [2.45, 2.75) is 25.8 Å². The first-order valence-corrected chi connectivity index (χ1v) is 4.24. The van der Waals surface area contributed by atoms with E-state index in [1.54, 1.807) is 0 Å². The van der Waals surface area contributed by atoms with Gasteiger partial charge in [-0.05, 0) is 18.8 Å². The minimum atomic E-state index is -0.908. The van der Waals surface area contributed by atoms with Crippen molar-refractivity contribution in [2.75, 3.05) is 6.54 Å². The quantitative estimate of drug-likeness (QED) is 0.618. The van der Waals surface area contributed by atoms with Crippen molar-refractivity contribution in [1.29, 1.82) is 0 Å². The van der Waals surface area contributed by atoms with Gasteiger partial charge in [-0.2, -0.15) is 0 Å². The molecule has 1 aliphatic rings. The molecule has 0 saturated heterocycles. The van der Waals surface area contributed by atoms with E-state index in [1.807, 2.05) is 0 Å². The molecule has 1 saturated carbocycles. The Balaban J connectivity index is 2.10. The van der Waals surface area contributed by atoms with Gasteiger partial charge in [0.15, 0.2) is 0 Å². The summed E-state index contributed by atoms with van der Waals surface area (Å²) in [4.78, 5) is 10.3. The molecule has 3 heteroatoms. The average molecular weight is 169 g/mol. The standard InChI is InChI=1S/C9H15NO2/c1-6-3-8(4-6)10-5-7(2)9(11)12/h6,8,10H,2-5H2,1H3,(H,11,12). The molecule has 0 aromatic carbocycles. The molecule has 3 nitrogen and oxygen atoms in total. The van der Waals surface area contributed by atoms with Gasteiger partial charge in [-0.3, -0.25) is 0 Å². The number of hydrogen-bond donors (Lipinski definition) is 2. The van der Waals surface area contributed by atoms with E-state index in [1.165, 1.54) is 0 Å². The fourth-order valence-corrected chi connectivity index (χ4v) is 1.41. The summed E-state index contributed by atoms with van der Waals surface area (Å²) in [6.45, 7) is 6.05. The van der Waals surface area contributed by atoms with Gasteiger partial charge in [0.2, 0.25) is 0 Å². The molecular weight excluding hydrogens is 154 g/mol. The third-order valence-electron chi connectivity index (χ3n) is 2.28. The van der Waals surface area contributed by atoms with E-state index < -0.39 is 5.97 Å². The smallest absolute Gasteiger partial charge is 0.332 e. The summed E-state index contributed by atoms with van der Waals surface area (Å²) in [6, 6.07) is 0.510. The highest BCUT2D eigenvalue weighted by atomic mass is 16.4. The maximum absolute atomic E-state index is 10.3. The van der Waals surface area contributed by atoms with E-state index in [0.717, 1.165) is 18.8 Å². The Kier molecular flexibility index (Phi) is 2.87. The Morgan fingerprint density at radius 1 is 1.67 bits per heavy atom. The van der Waals surface area contributed by atoms with E-state index in [4.69, 9.17) is 5.11 Å². The van der Waals surface area contributed by atoms with Gasteiger partial charge >= 0.3 is 5.97 Å². The van der Waals surface area contributed by atoms with E-state index >= 15 is 0 Å². The Bertz CT molecular complexity index is 195. The topological polar surface area (TPSA) is 49.3 Å². The molecule has 0 bridgehead atoms. The van der Waals surface area contributed by atoms with Gasteiger partial charge in [-0.25, -0.2) is 4.79 Å². The number of nitrogens with one attached hydrogen (secondary N) is 1. The van der Waals surface area contributed by atoms with Gasteiger partial charge in [0, 0.05) is 18.2 Å². The average Bonchev–Trinajstić information content (AvgIpc) is 1.95. The number of carbonyl (C=O) groups is 1. The summed E-state index contributed by atoms with van der Waals surface area (Å²) >= 11 is 0. The Labute approximate surface area is 72.5 Å². The van der Waals surface area contributed by atoms with Crippen molar-refractivity contribution < 1.29 is 9.90 Å². The van der Waals surface area contributed by atoms with Crippen LogP contribution in [-0.4, -0.2) is 23.7 Å². The Morgan fingerprint density at radius 2 is 2.25 bits per heavy atom. The molecule has 12 heavy (non-hydrogen) atoms. The predicted octanol–water partition coefficient (Wildman–Crippen LogP) is 1.02. The van der Waals surface area contributed by atoms with E-state index in [0.29, 0.717) is 12.6 Å². The van der Waals surface area contributed by atoms with Crippen molar-refractivity contribution in [2.24, 2.45) is 5.92 Å². The van der Waals surface area contributed by atoms with Crippen LogP contribution < -0.4 is 5.32 Å². The first-order chi connectivity index (χ1) is 5.59. The molecule has 1 aliphatic carbocycles. The van der Waals surface area contributed by atoms with Crippen LogP contribution in [0.15, 0.2) is 12.2 Å². The second-order valence-electron chi connectivity index (χ2n) is 3.56. The molecule has 0 unspecified atom stereocenters. The fraction of sp³-hybridized carbons (Fsp3) is 0.667. The van der Waals surface area contributed by atoms with E-state index in [2.05, 4.69) is 18.8 Å². The van der Waals surface area contributed by atoms with Crippen LogP contribution in [0.1, 0.15) is 19.8 Å². The highest BCUT2D eigenvalue weighted by Crippen LogP contribution is 2.26. The summed E-state index contributed by atoms with van der Waals surface area (Å²) in [5, 5.41) is 11.6. The van der Waals surface area contributed by atoms with Crippen molar-refractivity contribution in [1.82, 2.24) is 5.32 Å². The van der Waals surface area contributed by atoms with Crippen LogP contribution in [0, 0.1) is 5.92 Å². The number of carboxylic acid groups (broad SMARTS) is 1. The van der Waals surface area contributed by atoms with Crippen LogP contribution in [0.4, 0.5) is 0 Å². The molecule has 0 heterocycles. The molecule has 0 spiro atoms. The van der Waals surface area contributed by atoms with Gasteiger partial charge in [-0.15, -0.1) is 0 Å². The summed E-state index contributed by atoms with van der Waals surface area (Å²) in [6.07, 6.45) is 2.32. The first-order valence-electron chi connectivity index (χ1n) is 4.24. The highest BCUT2D eigenvalue weighted by Gasteiger charge is 2.24. The summed E-state index contributed by atoms with van der Waals surface area (Å²) in [7, 11) is 0. The molecule has 0 radical (unpaired) electrons. The second-order valence-corrected chi connectivity index (χ2v) is 3.56. The van der Waals surface area contributed by atoms with E-state index in [-0.39, 0.29) is 5.57 Å². The number of rotatable bonds is 4. The SMILES string of the molecule is C=C(CNC1CC(C)C1)C(=O)O. The highest BCUT2D eigenvalue weighted by molar-refractivity contribution is 5.86. The number of hydrogen-bond acceptors (Lipinski definition) is 2. The van der Waals surface area contributed by atoms with Crippen molar-refractivity contribution in [3.63, 3.8) is 0 Å². The lowest BCUT2D eigenvalue weighted by atomic mass is 9.82. The molecule has 0 aromatic heterocycles. The Hall–Kier alpha value is -0.830. The van der Waals surface area contributed by atoms with Crippen LogP contribution in [0.3, 0.4) is 0 Å². The maximum Gasteiger partial charge on any atom is 0.332 e. The third kappa shape index (κ3) is 2.34. The minimum Gasteiger partial charge on any atom is -0.478 e. The molecule has 1 rings (SSSR count). The Morgan fingerprint density at radius 3 is 2.67 bits per heavy atom. The monoisotopic (exact) mass is 169 g/mol. The van der Waals surface area contributed by atoms with Gasteiger partial charge in [0.05, 0.1) is 0 Å². The predicted molar refractivity (Wildman–Crippen MR) is 47.0 cm³/mol. The number of aliphatic carboxylic acids is 1. The van der Waals surface area contributed by atoms with E-state index in [9.17, 15) is 4.79 Å². The van der Waals surface area contributed by atoms with Crippen molar-refractivity contribution >= 4 is 5.97 Å². The van der Waals surface area contributed by atoms with Gasteiger partial charge < -0.3 is 10.4 Å². The minimum absolute atomic E-state index is 0.245. The lowest BCUT2D eigenvalue weighted by Gasteiger charge is -2.33. The lowest BCUT2D eigenvalue weighted by Crippen LogP contribution is -2.41. The van der Waals surface area contributed by atoms with Crippen LogP contribution >= 0.6 is 0 Å². The molecule has 0 amide bonds. The van der Waals surface area contributed by atoms with Crippen LogP contribution in [0.5, 0.6) is 0 Å². The zero-order valence-corrected chi connectivity index (χ0v) is 7.34. The zero-order valence-electron chi connectivity index (χ0n) is 7.34. The summed E-state index contributed by atoms with van der Waals surface area (Å²) in [5.74, 6) is -0.115. The van der Waals surface area contributed by atoms with Crippen LogP contribution in [-0.2, 0) is 4.79 Å². The molecule has 0 atom stereocenters. The molecule has 68 valence electrons. The normalized spacial score (nSPS) is 27.8. The molecular formula is C9H15NO2. The van der Waals surface area contributed by atoms with Crippen molar-refractivity contribution in [3.8, 4) is 0 Å². The van der Waals surface area contributed by atoms with Gasteiger partial charge in [0.25, 0.3) is 0 Å². The largest absolute Gasteiger partial charge is 0.478 e. The lowest BCUT2D eigenvalue weighted by molar-refractivity contribution is -0.132. The fourth-order valence-electron chi connectivity index (χ4n) is 1.41. The van der Waals surface area contributed by atoms with Crippen LogP contribution in [0.25, 0.3) is 0 Å². The molecule has 2 N–H and O–H groups in total. The summed E-state index contributed by atoms with van der Waals surface area (Å²) in [5.41, 5.74) is 0.245. The molecule has 0 aliphatic heterocycles. The second kappa shape index (κ2) is 3.72. The van der Waals surface area contributed by atoms with Gasteiger partial charge in [0.1, 0.15) is 0 Å². The molecule has 0 aromatic rings. The van der Waals surface area contributed by atoms with Gasteiger partial charge in [-0.1, -0.05) is 13.5 Å². The number of carboxylic acids is 1. The van der Waals surface area contributed by atoms with Crippen molar-refractivity contribution in [3.05, 3.63) is 12.2 Å². The summed E-state index contributed by atoms with van der Waals surface area (Å²) < 4.78 is 0. The first kappa shape index (κ1) is 9.26.